The van der Waals surface area contributed by atoms with Crippen LogP contribution in [0.3, 0.4) is 0 Å². The Bertz CT molecular complexity index is 484. The molecular weight excluding hydrogens is 262 g/mol. The van der Waals surface area contributed by atoms with Crippen LogP contribution >= 0.6 is 11.3 Å². The number of thiazole rings is 1. The van der Waals surface area contributed by atoms with E-state index in [4.69, 9.17) is 0 Å². The van der Waals surface area contributed by atoms with Gasteiger partial charge in [0.1, 0.15) is 6.04 Å². The third kappa shape index (κ3) is 3.53. The number of rotatable bonds is 3. The van der Waals surface area contributed by atoms with Gasteiger partial charge in [-0.2, -0.15) is 0 Å². The second-order valence-corrected chi connectivity index (χ2v) is 6.44. The summed E-state index contributed by atoms with van der Waals surface area (Å²) >= 11 is 1.48. The van der Waals surface area contributed by atoms with Crippen molar-refractivity contribution in [2.24, 2.45) is 5.92 Å². The van der Waals surface area contributed by atoms with Gasteiger partial charge in [-0.05, 0) is 18.3 Å². The van der Waals surface area contributed by atoms with Crippen molar-refractivity contribution in [3.63, 3.8) is 0 Å². The van der Waals surface area contributed by atoms with E-state index in [2.05, 4.69) is 29.5 Å². The summed E-state index contributed by atoms with van der Waals surface area (Å²) in [5, 5.41) is 6.10. The number of aromatic nitrogens is 1. The number of hydrogen-bond donors (Lipinski definition) is 2. The summed E-state index contributed by atoms with van der Waals surface area (Å²) in [5.74, 6) is 0.412. The number of nitrogens with zero attached hydrogens (tertiary/aromatic N) is 1. The monoisotopic (exact) mass is 281 g/mol. The van der Waals surface area contributed by atoms with E-state index >= 15 is 0 Å². The van der Waals surface area contributed by atoms with Crippen molar-refractivity contribution in [3.8, 4) is 0 Å². The Morgan fingerprint density at radius 2 is 2.32 bits per heavy atom. The molecule has 2 atom stereocenters. The van der Waals surface area contributed by atoms with Crippen LogP contribution in [-0.4, -0.2) is 22.8 Å². The van der Waals surface area contributed by atoms with Gasteiger partial charge in [0.15, 0.2) is 5.13 Å². The first kappa shape index (κ1) is 14.0. The molecular formula is C13H19N3O2S. The first-order chi connectivity index (χ1) is 8.95. The number of piperidine rings is 1. The summed E-state index contributed by atoms with van der Waals surface area (Å²) in [7, 11) is 0. The molecule has 1 saturated heterocycles. The highest BCUT2D eigenvalue weighted by Gasteiger charge is 2.29. The highest BCUT2D eigenvalue weighted by molar-refractivity contribution is 7.15. The number of amides is 2. The SMILES string of the molecule is CC(C)c1cnc(NC(=O)[C@@H]2C[C@H](C)CC(=O)N2)s1. The lowest BCUT2D eigenvalue weighted by Crippen LogP contribution is -2.48. The maximum atomic E-state index is 12.1. The molecule has 0 aromatic carbocycles. The van der Waals surface area contributed by atoms with Crippen LogP contribution in [0.25, 0.3) is 0 Å². The molecule has 5 nitrogen and oxygen atoms in total. The van der Waals surface area contributed by atoms with Crippen LogP contribution in [0.2, 0.25) is 0 Å². The Morgan fingerprint density at radius 3 is 2.89 bits per heavy atom. The van der Waals surface area contributed by atoms with Crippen molar-refractivity contribution in [2.45, 2.75) is 45.6 Å². The maximum Gasteiger partial charge on any atom is 0.248 e. The molecule has 2 heterocycles. The van der Waals surface area contributed by atoms with Crippen molar-refractivity contribution in [1.29, 1.82) is 0 Å². The van der Waals surface area contributed by atoms with Gasteiger partial charge < -0.3 is 10.6 Å². The Balaban J connectivity index is 1.98. The van der Waals surface area contributed by atoms with E-state index < -0.39 is 6.04 Å². The van der Waals surface area contributed by atoms with Gasteiger partial charge in [0.05, 0.1) is 0 Å². The molecule has 104 valence electrons. The fourth-order valence-electron chi connectivity index (χ4n) is 2.09. The summed E-state index contributed by atoms with van der Waals surface area (Å²) in [5.41, 5.74) is 0. The fourth-order valence-corrected chi connectivity index (χ4v) is 2.91. The van der Waals surface area contributed by atoms with Crippen LogP contribution in [0.15, 0.2) is 6.20 Å². The summed E-state index contributed by atoms with van der Waals surface area (Å²) in [6, 6.07) is -0.442. The highest BCUT2D eigenvalue weighted by atomic mass is 32.1. The largest absolute Gasteiger partial charge is 0.344 e. The van der Waals surface area contributed by atoms with Crippen molar-refractivity contribution >= 4 is 28.3 Å². The number of nitrogens with one attached hydrogen (secondary N) is 2. The first-order valence-electron chi connectivity index (χ1n) is 6.51. The molecule has 19 heavy (non-hydrogen) atoms. The minimum Gasteiger partial charge on any atom is -0.344 e. The van der Waals surface area contributed by atoms with E-state index in [9.17, 15) is 9.59 Å². The number of carbonyl (C=O) groups is 2. The van der Waals surface area contributed by atoms with Crippen molar-refractivity contribution in [2.75, 3.05) is 5.32 Å². The second kappa shape index (κ2) is 5.69. The molecule has 0 bridgehead atoms. The van der Waals surface area contributed by atoms with E-state index in [1.165, 1.54) is 11.3 Å². The minimum atomic E-state index is -0.442. The molecule has 0 saturated carbocycles. The smallest absolute Gasteiger partial charge is 0.248 e. The van der Waals surface area contributed by atoms with Gasteiger partial charge in [-0.1, -0.05) is 20.8 Å². The Morgan fingerprint density at radius 1 is 1.58 bits per heavy atom. The fraction of sp³-hybridized carbons (Fsp3) is 0.615. The van der Waals surface area contributed by atoms with E-state index in [0.717, 1.165) is 4.88 Å². The third-order valence-electron chi connectivity index (χ3n) is 3.15. The normalized spacial score (nSPS) is 23.3. The topological polar surface area (TPSA) is 71.1 Å². The quantitative estimate of drug-likeness (QED) is 0.891. The molecule has 1 fully saturated rings. The number of carbonyl (C=O) groups excluding carboxylic acids is 2. The zero-order chi connectivity index (χ0) is 14.0. The molecule has 2 amide bonds. The average Bonchev–Trinajstić information content (AvgIpc) is 2.76. The zero-order valence-corrected chi connectivity index (χ0v) is 12.2. The lowest BCUT2D eigenvalue weighted by molar-refractivity contribution is -0.129. The average molecular weight is 281 g/mol. The summed E-state index contributed by atoms with van der Waals surface area (Å²) in [6.45, 7) is 6.16. The van der Waals surface area contributed by atoms with Crippen LogP contribution in [-0.2, 0) is 9.59 Å². The Hall–Kier alpha value is -1.43. The molecule has 2 N–H and O–H groups in total. The van der Waals surface area contributed by atoms with Gasteiger partial charge in [0, 0.05) is 17.5 Å². The molecule has 1 aliphatic heterocycles. The van der Waals surface area contributed by atoms with Crippen LogP contribution in [0, 0.1) is 5.92 Å². The van der Waals surface area contributed by atoms with Gasteiger partial charge in [-0.25, -0.2) is 4.98 Å². The maximum absolute atomic E-state index is 12.1. The molecule has 0 aliphatic carbocycles. The van der Waals surface area contributed by atoms with Crippen LogP contribution in [0.5, 0.6) is 0 Å². The minimum absolute atomic E-state index is 0.0547. The van der Waals surface area contributed by atoms with E-state index in [1.54, 1.807) is 6.20 Å². The van der Waals surface area contributed by atoms with E-state index in [0.29, 0.717) is 23.9 Å². The molecule has 2 rings (SSSR count). The standard InChI is InChI=1S/C13H19N3O2S/c1-7(2)10-6-14-13(19-10)16-12(18)9-4-8(3)5-11(17)15-9/h6-9H,4-5H2,1-3H3,(H,15,17)(H,14,16,18)/t8-,9-/m0/s1. The molecule has 1 aromatic rings. The zero-order valence-electron chi connectivity index (χ0n) is 11.4. The van der Waals surface area contributed by atoms with Gasteiger partial charge in [0.2, 0.25) is 11.8 Å². The summed E-state index contributed by atoms with van der Waals surface area (Å²) in [6.07, 6.45) is 2.96. The molecule has 0 radical (unpaired) electrons. The lowest BCUT2D eigenvalue weighted by atomic mass is 9.93. The van der Waals surface area contributed by atoms with Gasteiger partial charge in [-0.15, -0.1) is 11.3 Å². The van der Waals surface area contributed by atoms with Crippen LogP contribution in [0.1, 0.15) is 44.4 Å². The lowest BCUT2D eigenvalue weighted by Gasteiger charge is -2.26. The first-order valence-corrected chi connectivity index (χ1v) is 7.33. The predicted octanol–water partition coefficient (Wildman–Crippen LogP) is 2.12. The highest BCUT2D eigenvalue weighted by Crippen LogP contribution is 2.25. The molecule has 0 spiro atoms. The number of anilines is 1. The summed E-state index contributed by atoms with van der Waals surface area (Å²) < 4.78 is 0. The van der Waals surface area contributed by atoms with Crippen molar-refractivity contribution in [3.05, 3.63) is 11.1 Å². The summed E-state index contributed by atoms with van der Waals surface area (Å²) in [4.78, 5) is 28.8. The van der Waals surface area contributed by atoms with Gasteiger partial charge >= 0.3 is 0 Å². The van der Waals surface area contributed by atoms with E-state index in [1.807, 2.05) is 6.92 Å². The van der Waals surface area contributed by atoms with E-state index in [-0.39, 0.29) is 17.7 Å². The van der Waals surface area contributed by atoms with Crippen LogP contribution < -0.4 is 10.6 Å². The van der Waals surface area contributed by atoms with Crippen molar-refractivity contribution < 1.29 is 9.59 Å². The van der Waals surface area contributed by atoms with Gasteiger partial charge in [-0.3, -0.25) is 9.59 Å². The molecule has 1 aliphatic rings. The Kier molecular flexibility index (Phi) is 4.19. The molecule has 1 aromatic heterocycles. The second-order valence-electron chi connectivity index (χ2n) is 5.38. The van der Waals surface area contributed by atoms with Crippen molar-refractivity contribution in [1.82, 2.24) is 10.3 Å². The predicted molar refractivity (Wildman–Crippen MR) is 75.2 cm³/mol. The van der Waals surface area contributed by atoms with Gasteiger partial charge in [0.25, 0.3) is 0 Å². The molecule has 0 unspecified atom stereocenters. The number of hydrogen-bond acceptors (Lipinski definition) is 4. The third-order valence-corrected chi connectivity index (χ3v) is 4.36. The molecule has 6 heteroatoms. The van der Waals surface area contributed by atoms with Crippen LogP contribution in [0.4, 0.5) is 5.13 Å². The Labute approximate surface area is 116 Å².